The van der Waals surface area contributed by atoms with E-state index in [0.717, 1.165) is 3.57 Å². The van der Waals surface area contributed by atoms with E-state index in [0.29, 0.717) is 12.2 Å². The lowest BCUT2D eigenvalue weighted by Crippen LogP contribution is -2.17. The first-order valence-corrected chi connectivity index (χ1v) is 6.79. The fraction of sp³-hybridized carbons (Fsp3) is 0.167. The maximum Gasteiger partial charge on any atom is 0.337 e. The van der Waals surface area contributed by atoms with Gasteiger partial charge in [0, 0.05) is 9.99 Å². The quantitative estimate of drug-likeness (QED) is 0.762. The van der Waals surface area contributed by atoms with Crippen molar-refractivity contribution < 1.29 is 14.7 Å². The first kappa shape index (κ1) is 14.4. The van der Waals surface area contributed by atoms with Crippen LogP contribution in [0.5, 0.6) is 0 Å². The van der Waals surface area contributed by atoms with E-state index in [1.54, 1.807) is 12.1 Å². The molecule has 2 rings (SSSR count). The van der Waals surface area contributed by atoms with Crippen molar-refractivity contribution >= 4 is 40.2 Å². The largest absolute Gasteiger partial charge is 0.478 e. The molecule has 2 aromatic rings. The number of carboxylic acid groups (broad SMARTS) is 1. The van der Waals surface area contributed by atoms with Crippen LogP contribution in [0.1, 0.15) is 16.8 Å². The Morgan fingerprint density at radius 2 is 2.20 bits per heavy atom. The molecule has 0 aliphatic heterocycles. The lowest BCUT2D eigenvalue weighted by atomic mass is 10.2. The SMILES string of the molecule is O=C(CCn1cncn1)Nc1ccc(I)cc1C(=O)O. The predicted octanol–water partition coefficient (Wildman–Crippen LogP) is 1.61. The maximum atomic E-state index is 11.8. The van der Waals surface area contributed by atoms with Crippen molar-refractivity contribution in [2.45, 2.75) is 13.0 Å². The normalized spacial score (nSPS) is 10.2. The van der Waals surface area contributed by atoms with Crippen LogP contribution in [0.15, 0.2) is 30.9 Å². The molecule has 0 aliphatic rings. The average molecular weight is 386 g/mol. The molecule has 0 aliphatic carbocycles. The van der Waals surface area contributed by atoms with Gasteiger partial charge in [-0.15, -0.1) is 0 Å². The van der Waals surface area contributed by atoms with Crippen LogP contribution in [0.2, 0.25) is 0 Å². The van der Waals surface area contributed by atoms with Crippen LogP contribution in [0.25, 0.3) is 0 Å². The number of halogens is 1. The third-order valence-corrected chi connectivity index (χ3v) is 3.19. The zero-order chi connectivity index (χ0) is 14.5. The second-order valence-electron chi connectivity index (χ2n) is 3.95. The van der Waals surface area contributed by atoms with E-state index in [4.69, 9.17) is 5.11 Å². The molecule has 0 fully saturated rings. The number of carboxylic acids is 1. The zero-order valence-corrected chi connectivity index (χ0v) is 12.4. The van der Waals surface area contributed by atoms with Gasteiger partial charge in [-0.05, 0) is 40.8 Å². The summed E-state index contributed by atoms with van der Waals surface area (Å²) in [5, 5.41) is 15.6. The summed E-state index contributed by atoms with van der Waals surface area (Å²) < 4.78 is 2.33. The topological polar surface area (TPSA) is 97.1 Å². The van der Waals surface area contributed by atoms with E-state index in [9.17, 15) is 9.59 Å². The van der Waals surface area contributed by atoms with Crippen LogP contribution in [-0.4, -0.2) is 31.7 Å². The molecule has 104 valence electrons. The minimum absolute atomic E-state index is 0.0750. The molecule has 0 saturated heterocycles. The number of rotatable bonds is 5. The summed E-state index contributed by atoms with van der Waals surface area (Å²) in [6, 6.07) is 4.83. The van der Waals surface area contributed by atoms with Crippen LogP contribution in [0.3, 0.4) is 0 Å². The third-order valence-electron chi connectivity index (χ3n) is 2.52. The van der Waals surface area contributed by atoms with Crippen molar-refractivity contribution in [3.8, 4) is 0 Å². The number of carbonyl (C=O) groups is 2. The zero-order valence-electron chi connectivity index (χ0n) is 10.3. The van der Waals surface area contributed by atoms with Gasteiger partial charge in [-0.3, -0.25) is 9.48 Å². The number of benzene rings is 1. The summed E-state index contributed by atoms with van der Waals surface area (Å²) in [5.74, 6) is -1.35. The molecule has 1 heterocycles. The van der Waals surface area contributed by atoms with E-state index in [2.05, 4.69) is 15.4 Å². The van der Waals surface area contributed by atoms with E-state index in [-0.39, 0.29) is 17.9 Å². The molecule has 0 spiro atoms. The van der Waals surface area contributed by atoms with Crippen molar-refractivity contribution in [1.82, 2.24) is 14.8 Å². The summed E-state index contributed by atoms with van der Waals surface area (Å²) >= 11 is 2.02. The molecule has 1 amide bonds. The molecular formula is C12H11IN4O3. The van der Waals surface area contributed by atoms with Crippen molar-refractivity contribution in [1.29, 1.82) is 0 Å². The molecule has 0 unspecified atom stereocenters. The Balaban J connectivity index is 2.02. The molecule has 0 radical (unpaired) electrons. The van der Waals surface area contributed by atoms with Gasteiger partial charge in [-0.2, -0.15) is 5.10 Å². The van der Waals surface area contributed by atoms with Crippen LogP contribution in [0.4, 0.5) is 5.69 Å². The molecule has 1 aromatic carbocycles. The second kappa shape index (κ2) is 6.46. The van der Waals surface area contributed by atoms with Crippen LogP contribution in [0, 0.1) is 3.57 Å². The minimum Gasteiger partial charge on any atom is -0.478 e. The Morgan fingerprint density at radius 1 is 1.40 bits per heavy atom. The standard InChI is InChI=1S/C12H11IN4O3/c13-8-1-2-10(9(5-8)12(19)20)16-11(18)3-4-17-7-14-6-15-17/h1-2,5-7H,3-4H2,(H,16,18)(H,19,20). The monoisotopic (exact) mass is 386 g/mol. The Hall–Kier alpha value is -1.97. The number of carbonyl (C=O) groups excluding carboxylic acids is 1. The van der Waals surface area contributed by atoms with Gasteiger partial charge in [0.15, 0.2) is 0 Å². The number of aromatic carboxylic acids is 1. The van der Waals surface area contributed by atoms with E-state index in [1.165, 1.54) is 23.4 Å². The number of nitrogens with zero attached hydrogens (tertiary/aromatic N) is 3. The summed E-state index contributed by atoms with van der Waals surface area (Å²) in [6.45, 7) is 0.388. The Morgan fingerprint density at radius 3 is 2.85 bits per heavy atom. The van der Waals surface area contributed by atoms with Gasteiger partial charge in [0.05, 0.1) is 17.8 Å². The molecular weight excluding hydrogens is 375 g/mol. The summed E-state index contributed by atoms with van der Waals surface area (Å²) in [5.41, 5.74) is 0.368. The highest BCUT2D eigenvalue weighted by molar-refractivity contribution is 14.1. The first-order chi connectivity index (χ1) is 9.56. The Bertz CT molecular complexity index is 628. The van der Waals surface area contributed by atoms with Gasteiger partial charge in [-0.25, -0.2) is 9.78 Å². The Kier molecular flexibility index (Phi) is 4.66. The average Bonchev–Trinajstić information content (AvgIpc) is 2.91. The number of aromatic nitrogens is 3. The third kappa shape index (κ3) is 3.76. The molecule has 20 heavy (non-hydrogen) atoms. The highest BCUT2D eigenvalue weighted by atomic mass is 127. The molecule has 1 aromatic heterocycles. The fourth-order valence-corrected chi connectivity index (χ4v) is 2.07. The molecule has 0 atom stereocenters. The number of nitrogens with one attached hydrogen (secondary N) is 1. The number of aryl methyl sites for hydroxylation is 1. The van der Waals surface area contributed by atoms with Crippen molar-refractivity contribution in [2.75, 3.05) is 5.32 Å². The smallest absolute Gasteiger partial charge is 0.337 e. The first-order valence-electron chi connectivity index (χ1n) is 5.71. The number of hydrogen-bond donors (Lipinski definition) is 2. The van der Waals surface area contributed by atoms with Crippen LogP contribution < -0.4 is 5.32 Å². The number of amides is 1. The Labute approximate surface area is 128 Å². The molecule has 0 saturated carbocycles. The van der Waals surface area contributed by atoms with Crippen molar-refractivity contribution in [2.24, 2.45) is 0 Å². The fourth-order valence-electron chi connectivity index (χ4n) is 1.58. The minimum atomic E-state index is -1.07. The van der Waals surface area contributed by atoms with Crippen molar-refractivity contribution in [3.63, 3.8) is 0 Å². The lowest BCUT2D eigenvalue weighted by molar-refractivity contribution is -0.116. The van der Waals surface area contributed by atoms with Crippen molar-refractivity contribution in [3.05, 3.63) is 40.0 Å². The van der Waals surface area contributed by atoms with E-state index in [1.807, 2.05) is 22.6 Å². The van der Waals surface area contributed by atoms with Gasteiger partial charge in [0.2, 0.25) is 5.91 Å². The highest BCUT2D eigenvalue weighted by Crippen LogP contribution is 2.19. The van der Waals surface area contributed by atoms with Gasteiger partial charge < -0.3 is 10.4 Å². The van der Waals surface area contributed by atoms with Gasteiger partial charge in [0.1, 0.15) is 12.7 Å². The predicted molar refractivity (Wildman–Crippen MR) is 79.4 cm³/mol. The van der Waals surface area contributed by atoms with E-state index < -0.39 is 5.97 Å². The van der Waals surface area contributed by atoms with E-state index >= 15 is 0 Å². The maximum absolute atomic E-state index is 11.8. The molecule has 7 nitrogen and oxygen atoms in total. The lowest BCUT2D eigenvalue weighted by Gasteiger charge is -2.09. The van der Waals surface area contributed by atoms with Crippen LogP contribution >= 0.6 is 22.6 Å². The van der Waals surface area contributed by atoms with Gasteiger partial charge in [-0.1, -0.05) is 0 Å². The number of hydrogen-bond acceptors (Lipinski definition) is 4. The number of anilines is 1. The molecule has 8 heteroatoms. The summed E-state index contributed by atoms with van der Waals surface area (Å²) in [7, 11) is 0. The summed E-state index contributed by atoms with van der Waals surface area (Å²) in [6.07, 6.45) is 3.09. The van der Waals surface area contributed by atoms with Crippen LogP contribution in [-0.2, 0) is 11.3 Å². The second-order valence-corrected chi connectivity index (χ2v) is 5.20. The van der Waals surface area contributed by atoms with Gasteiger partial charge >= 0.3 is 5.97 Å². The molecule has 2 N–H and O–H groups in total. The summed E-state index contributed by atoms with van der Waals surface area (Å²) in [4.78, 5) is 26.7. The van der Waals surface area contributed by atoms with Gasteiger partial charge in [0.25, 0.3) is 0 Å². The highest BCUT2D eigenvalue weighted by Gasteiger charge is 2.13. The molecule has 0 bridgehead atoms.